The second kappa shape index (κ2) is 7.61. The highest BCUT2D eigenvalue weighted by Crippen LogP contribution is 2.12. The van der Waals surface area contributed by atoms with E-state index in [0.717, 1.165) is 17.0 Å². The summed E-state index contributed by atoms with van der Waals surface area (Å²) in [6, 6.07) is 15.1. The van der Waals surface area contributed by atoms with Crippen molar-refractivity contribution in [1.82, 2.24) is 5.43 Å². The van der Waals surface area contributed by atoms with Gasteiger partial charge in [0.1, 0.15) is 0 Å². The van der Waals surface area contributed by atoms with Gasteiger partial charge in [-0.3, -0.25) is 4.79 Å². The lowest BCUT2D eigenvalue weighted by molar-refractivity contribution is -0.119. The van der Waals surface area contributed by atoms with Crippen LogP contribution in [0.4, 0.5) is 5.69 Å². The molecule has 2 aromatic rings. The lowest BCUT2D eigenvalue weighted by atomic mass is 10.1. The Morgan fingerprint density at radius 2 is 1.73 bits per heavy atom. The van der Waals surface area contributed by atoms with Crippen LogP contribution in [-0.4, -0.2) is 18.2 Å². The van der Waals surface area contributed by atoms with E-state index in [0.29, 0.717) is 5.02 Å². The van der Waals surface area contributed by atoms with Crippen LogP contribution in [0.3, 0.4) is 0 Å². The van der Waals surface area contributed by atoms with Gasteiger partial charge in [0, 0.05) is 10.7 Å². The number of anilines is 1. The number of hydrazone groups is 1. The molecular formula is C17H18ClN3O. The molecule has 0 aromatic heterocycles. The number of hydrogen-bond donors (Lipinski definition) is 2. The molecule has 0 saturated carbocycles. The normalized spacial score (nSPS) is 11.1. The van der Waals surface area contributed by atoms with E-state index in [2.05, 4.69) is 15.8 Å². The Morgan fingerprint density at radius 1 is 1.09 bits per heavy atom. The Kier molecular flexibility index (Phi) is 5.55. The van der Waals surface area contributed by atoms with Crippen molar-refractivity contribution < 1.29 is 4.79 Å². The van der Waals surface area contributed by atoms with Crippen LogP contribution in [0, 0.1) is 6.92 Å². The molecule has 0 bridgehead atoms. The summed E-state index contributed by atoms with van der Waals surface area (Å²) in [4.78, 5) is 11.8. The summed E-state index contributed by atoms with van der Waals surface area (Å²) in [6.07, 6.45) is 0. The first-order chi connectivity index (χ1) is 10.5. The fraction of sp³-hybridized carbons (Fsp3) is 0.176. The largest absolute Gasteiger partial charge is 0.376 e. The number of carbonyl (C=O) groups is 1. The lowest BCUT2D eigenvalue weighted by Gasteiger charge is -2.06. The number of carbonyl (C=O) groups excluding carboxylic acids is 1. The number of halogens is 1. The zero-order valence-corrected chi connectivity index (χ0v) is 13.3. The van der Waals surface area contributed by atoms with E-state index in [9.17, 15) is 4.79 Å². The third-order valence-corrected chi connectivity index (χ3v) is 3.37. The molecule has 0 saturated heterocycles. The van der Waals surface area contributed by atoms with Gasteiger partial charge in [0.25, 0.3) is 5.91 Å². The molecule has 0 spiro atoms. The molecule has 1 amide bonds. The van der Waals surface area contributed by atoms with Crippen molar-refractivity contribution in [3.63, 3.8) is 0 Å². The number of benzene rings is 2. The molecule has 0 atom stereocenters. The molecule has 0 radical (unpaired) electrons. The number of amides is 1. The predicted molar refractivity (Wildman–Crippen MR) is 91.5 cm³/mol. The van der Waals surface area contributed by atoms with Gasteiger partial charge in [-0.05, 0) is 43.7 Å². The number of hydrogen-bond acceptors (Lipinski definition) is 3. The zero-order chi connectivity index (χ0) is 15.9. The van der Waals surface area contributed by atoms with Crippen LogP contribution >= 0.6 is 11.6 Å². The number of aryl methyl sites for hydroxylation is 1. The van der Waals surface area contributed by atoms with E-state index < -0.39 is 0 Å². The Hall–Kier alpha value is -2.33. The maximum atomic E-state index is 11.8. The van der Waals surface area contributed by atoms with E-state index in [4.69, 9.17) is 11.6 Å². The van der Waals surface area contributed by atoms with Crippen LogP contribution in [0.1, 0.15) is 18.1 Å². The van der Waals surface area contributed by atoms with Crippen LogP contribution in [0.25, 0.3) is 0 Å². The highest BCUT2D eigenvalue weighted by atomic mass is 35.5. The van der Waals surface area contributed by atoms with Gasteiger partial charge >= 0.3 is 0 Å². The second-order valence-electron chi connectivity index (χ2n) is 4.96. The Morgan fingerprint density at radius 3 is 2.36 bits per heavy atom. The van der Waals surface area contributed by atoms with Gasteiger partial charge in [0.15, 0.2) is 0 Å². The summed E-state index contributed by atoms with van der Waals surface area (Å²) in [6.45, 7) is 4.03. The number of rotatable bonds is 5. The minimum atomic E-state index is -0.207. The maximum absolute atomic E-state index is 11.8. The van der Waals surface area contributed by atoms with Crippen molar-refractivity contribution in [2.24, 2.45) is 5.10 Å². The van der Waals surface area contributed by atoms with E-state index >= 15 is 0 Å². The van der Waals surface area contributed by atoms with E-state index in [1.807, 2.05) is 50.2 Å². The van der Waals surface area contributed by atoms with Crippen molar-refractivity contribution in [2.75, 3.05) is 11.9 Å². The van der Waals surface area contributed by atoms with Gasteiger partial charge < -0.3 is 5.32 Å². The predicted octanol–water partition coefficient (Wildman–Crippen LogP) is 3.60. The first-order valence-electron chi connectivity index (χ1n) is 6.94. The highest BCUT2D eigenvalue weighted by Gasteiger charge is 2.01. The summed E-state index contributed by atoms with van der Waals surface area (Å²) in [7, 11) is 0. The van der Waals surface area contributed by atoms with Gasteiger partial charge in [-0.15, -0.1) is 0 Å². The van der Waals surface area contributed by atoms with Gasteiger partial charge in [-0.2, -0.15) is 5.10 Å². The monoisotopic (exact) mass is 315 g/mol. The minimum Gasteiger partial charge on any atom is -0.376 e. The molecule has 0 unspecified atom stereocenters. The molecule has 5 heteroatoms. The highest BCUT2D eigenvalue weighted by molar-refractivity contribution is 6.30. The average molecular weight is 316 g/mol. The van der Waals surface area contributed by atoms with Crippen molar-refractivity contribution in [3.8, 4) is 0 Å². The van der Waals surface area contributed by atoms with Crippen molar-refractivity contribution in [1.29, 1.82) is 0 Å². The van der Waals surface area contributed by atoms with Crippen molar-refractivity contribution >= 4 is 28.9 Å². The molecule has 4 nitrogen and oxygen atoms in total. The van der Waals surface area contributed by atoms with Crippen LogP contribution in [-0.2, 0) is 4.79 Å². The Labute approximate surface area is 135 Å². The quantitative estimate of drug-likeness (QED) is 0.654. The third-order valence-electron chi connectivity index (χ3n) is 3.11. The smallest absolute Gasteiger partial charge is 0.259 e. The molecule has 2 rings (SSSR count). The first-order valence-corrected chi connectivity index (χ1v) is 7.32. The van der Waals surface area contributed by atoms with Crippen LogP contribution in [0.5, 0.6) is 0 Å². The molecular weight excluding hydrogens is 298 g/mol. The minimum absolute atomic E-state index is 0.145. The second-order valence-corrected chi connectivity index (χ2v) is 5.40. The van der Waals surface area contributed by atoms with Crippen LogP contribution < -0.4 is 10.7 Å². The first kappa shape index (κ1) is 16.0. The van der Waals surface area contributed by atoms with Gasteiger partial charge in [0.05, 0.1) is 12.3 Å². The van der Waals surface area contributed by atoms with Crippen molar-refractivity contribution in [3.05, 3.63) is 64.7 Å². The van der Waals surface area contributed by atoms with E-state index in [1.54, 1.807) is 12.1 Å². The molecule has 0 heterocycles. The fourth-order valence-electron chi connectivity index (χ4n) is 1.80. The summed E-state index contributed by atoms with van der Waals surface area (Å²) in [5.74, 6) is -0.207. The molecule has 0 aliphatic rings. The SMILES string of the molecule is C/C(=N/NC(=O)CNc1ccc(Cl)cc1)c1ccc(C)cc1. The standard InChI is InChI=1S/C17H18ClN3O/c1-12-3-5-14(6-4-12)13(2)20-21-17(22)11-19-16-9-7-15(18)8-10-16/h3-10,19H,11H2,1-2H3,(H,21,22)/b20-13-. The van der Waals surface area contributed by atoms with Crippen LogP contribution in [0.15, 0.2) is 53.6 Å². The van der Waals surface area contributed by atoms with Gasteiger partial charge in [-0.25, -0.2) is 5.43 Å². The number of nitrogens with one attached hydrogen (secondary N) is 2. The molecule has 114 valence electrons. The molecule has 0 aliphatic heterocycles. The Balaban J connectivity index is 1.85. The molecule has 0 aliphatic carbocycles. The van der Waals surface area contributed by atoms with Crippen LogP contribution in [0.2, 0.25) is 5.02 Å². The summed E-state index contributed by atoms with van der Waals surface area (Å²) >= 11 is 5.80. The fourth-order valence-corrected chi connectivity index (χ4v) is 1.92. The summed E-state index contributed by atoms with van der Waals surface area (Å²) in [5, 5.41) is 7.77. The molecule has 22 heavy (non-hydrogen) atoms. The molecule has 2 aromatic carbocycles. The average Bonchev–Trinajstić information content (AvgIpc) is 2.52. The van der Waals surface area contributed by atoms with Gasteiger partial charge in [0.2, 0.25) is 0 Å². The topological polar surface area (TPSA) is 53.5 Å². The molecule has 2 N–H and O–H groups in total. The summed E-state index contributed by atoms with van der Waals surface area (Å²) in [5.41, 5.74) is 6.30. The van der Waals surface area contributed by atoms with Crippen molar-refractivity contribution in [2.45, 2.75) is 13.8 Å². The Bertz CT molecular complexity index is 663. The van der Waals surface area contributed by atoms with E-state index in [1.165, 1.54) is 5.56 Å². The molecule has 0 fully saturated rings. The maximum Gasteiger partial charge on any atom is 0.259 e. The van der Waals surface area contributed by atoms with E-state index in [-0.39, 0.29) is 12.5 Å². The lowest BCUT2D eigenvalue weighted by Crippen LogP contribution is -2.26. The van der Waals surface area contributed by atoms with Gasteiger partial charge in [-0.1, -0.05) is 41.4 Å². The number of nitrogens with zero attached hydrogens (tertiary/aromatic N) is 1. The summed E-state index contributed by atoms with van der Waals surface area (Å²) < 4.78 is 0. The third kappa shape index (κ3) is 4.90. The zero-order valence-electron chi connectivity index (χ0n) is 12.6.